The third kappa shape index (κ3) is 3.37. The van der Waals surface area contributed by atoms with Gasteiger partial charge in [0.05, 0.1) is 5.92 Å². The third-order valence-electron chi connectivity index (χ3n) is 3.01. The maximum Gasteiger partial charge on any atom is 0.211 e. The summed E-state index contributed by atoms with van der Waals surface area (Å²) in [5, 5.41) is 10.7. The van der Waals surface area contributed by atoms with Crippen molar-refractivity contribution in [3.8, 4) is 0 Å². The van der Waals surface area contributed by atoms with Gasteiger partial charge in [-0.3, -0.25) is 10.1 Å². The Bertz CT molecular complexity index is 409. The molecule has 0 bridgehead atoms. The topological polar surface area (TPSA) is 60.2 Å². The minimum atomic E-state index is -0.734. The minimum absolute atomic E-state index is 0.227. The SMILES string of the molecule is Cc1ccc(C(C[N+](=O)[O-])C(C)(C)C=O)cc1. The van der Waals surface area contributed by atoms with Crippen LogP contribution in [0.15, 0.2) is 24.3 Å². The molecule has 1 atom stereocenters. The van der Waals surface area contributed by atoms with Crippen LogP contribution in [0.2, 0.25) is 0 Å². The Labute approximate surface area is 101 Å². The summed E-state index contributed by atoms with van der Waals surface area (Å²) in [5.74, 6) is -0.393. The fourth-order valence-electron chi connectivity index (χ4n) is 1.80. The molecule has 92 valence electrons. The van der Waals surface area contributed by atoms with Crippen LogP contribution in [0, 0.1) is 22.5 Å². The van der Waals surface area contributed by atoms with Crippen molar-refractivity contribution in [3.05, 3.63) is 45.5 Å². The second-order valence-corrected chi connectivity index (χ2v) is 4.92. The Morgan fingerprint density at radius 3 is 2.29 bits per heavy atom. The van der Waals surface area contributed by atoms with E-state index in [4.69, 9.17) is 0 Å². The molecule has 1 unspecified atom stereocenters. The van der Waals surface area contributed by atoms with Crippen LogP contribution in [-0.4, -0.2) is 17.8 Å². The zero-order chi connectivity index (χ0) is 13.1. The number of benzene rings is 1. The Morgan fingerprint density at radius 2 is 1.88 bits per heavy atom. The molecule has 1 aromatic carbocycles. The average molecular weight is 235 g/mol. The zero-order valence-electron chi connectivity index (χ0n) is 10.3. The molecule has 1 aromatic rings. The van der Waals surface area contributed by atoms with Gasteiger partial charge < -0.3 is 4.79 Å². The summed E-state index contributed by atoms with van der Waals surface area (Å²) in [6.45, 7) is 5.19. The molecule has 0 amide bonds. The van der Waals surface area contributed by atoms with E-state index in [0.717, 1.165) is 17.4 Å². The molecule has 17 heavy (non-hydrogen) atoms. The van der Waals surface area contributed by atoms with E-state index in [1.165, 1.54) is 0 Å². The summed E-state index contributed by atoms with van der Waals surface area (Å²) in [6.07, 6.45) is 0.793. The quantitative estimate of drug-likeness (QED) is 0.447. The Balaban J connectivity index is 3.10. The van der Waals surface area contributed by atoms with Gasteiger partial charge in [0, 0.05) is 10.3 Å². The van der Waals surface area contributed by atoms with Crippen LogP contribution >= 0.6 is 0 Å². The van der Waals surface area contributed by atoms with Gasteiger partial charge in [-0.2, -0.15) is 0 Å². The Hall–Kier alpha value is -1.71. The average Bonchev–Trinajstić information content (AvgIpc) is 2.27. The molecular weight excluding hydrogens is 218 g/mol. The van der Waals surface area contributed by atoms with Crippen LogP contribution in [0.1, 0.15) is 30.9 Å². The van der Waals surface area contributed by atoms with Gasteiger partial charge in [-0.05, 0) is 12.5 Å². The molecule has 0 heterocycles. The number of nitrogens with zero attached hydrogens (tertiary/aromatic N) is 1. The van der Waals surface area contributed by atoms with Gasteiger partial charge in [-0.25, -0.2) is 0 Å². The smallest absolute Gasteiger partial charge is 0.211 e. The lowest BCUT2D eigenvalue weighted by Gasteiger charge is -2.26. The van der Waals surface area contributed by atoms with E-state index in [-0.39, 0.29) is 11.5 Å². The first-order valence-corrected chi connectivity index (χ1v) is 5.51. The van der Waals surface area contributed by atoms with Gasteiger partial charge in [0.25, 0.3) is 0 Å². The maximum atomic E-state index is 11.1. The van der Waals surface area contributed by atoms with Crippen molar-refractivity contribution in [2.75, 3.05) is 6.54 Å². The highest BCUT2D eigenvalue weighted by Crippen LogP contribution is 2.34. The van der Waals surface area contributed by atoms with Crippen molar-refractivity contribution in [2.45, 2.75) is 26.7 Å². The van der Waals surface area contributed by atoms with Crippen molar-refractivity contribution in [1.82, 2.24) is 0 Å². The first-order chi connectivity index (χ1) is 7.86. The number of hydrogen-bond acceptors (Lipinski definition) is 3. The van der Waals surface area contributed by atoms with E-state index < -0.39 is 11.3 Å². The van der Waals surface area contributed by atoms with Crippen molar-refractivity contribution in [1.29, 1.82) is 0 Å². The largest absolute Gasteiger partial charge is 0.303 e. The normalized spacial score (nSPS) is 13.1. The predicted octanol–water partition coefficient (Wildman–Crippen LogP) is 2.58. The molecule has 0 fully saturated rings. The second kappa shape index (κ2) is 5.08. The molecular formula is C13H17NO3. The molecule has 0 saturated carbocycles. The molecule has 4 heteroatoms. The molecule has 0 saturated heterocycles. The van der Waals surface area contributed by atoms with Gasteiger partial charge in [0.15, 0.2) is 0 Å². The molecule has 0 aliphatic rings. The Morgan fingerprint density at radius 1 is 1.35 bits per heavy atom. The third-order valence-corrected chi connectivity index (χ3v) is 3.01. The summed E-state index contributed by atoms with van der Waals surface area (Å²) in [4.78, 5) is 21.4. The predicted molar refractivity (Wildman–Crippen MR) is 65.6 cm³/mol. The Kier molecular flexibility index (Phi) is 3.99. The second-order valence-electron chi connectivity index (χ2n) is 4.92. The van der Waals surface area contributed by atoms with Crippen LogP contribution in [0.25, 0.3) is 0 Å². The lowest BCUT2D eigenvalue weighted by atomic mass is 9.76. The molecule has 0 aromatic heterocycles. The lowest BCUT2D eigenvalue weighted by Crippen LogP contribution is -2.29. The molecule has 0 radical (unpaired) electrons. The van der Waals surface area contributed by atoms with E-state index in [0.29, 0.717) is 0 Å². The van der Waals surface area contributed by atoms with Crippen molar-refractivity contribution < 1.29 is 9.72 Å². The molecule has 1 rings (SSSR count). The first-order valence-electron chi connectivity index (χ1n) is 5.51. The van der Waals surface area contributed by atoms with Crippen molar-refractivity contribution in [2.24, 2.45) is 5.41 Å². The van der Waals surface area contributed by atoms with E-state index in [1.54, 1.807) is 13.8 Å². The minimum Gasteiger partial charge on any atom is -0.303 e. The maximum absolute atomic E-state index is 11.1. The number of aryl methyl sites for hydroxylation is 1. The number of carbonyl (C=O) groups excluding carboxylic acids is 1. The van der Waals surface area contributed by atoms with Gasteiger partial charge in [-0.15, -0.1) is 0 Å². The van der Waals surface area contributed by atoms with Crippen LogP contribution in [0.5, 0.6) is 0 Å². The summed E-state index contributed by atoms with van der Waals surface area (Å²) in [5.41, 5.74) is 1.20. The highest BCUT2D eigenvalue weighted by atomic mass is 16.6. The van der Waals surface area contributed by atoms with Crippen LogP contribution in [0.3, 0.4) is 0 Å². The summed E-state index contributed by atoms with van der Waals surface area (Å²) in [6, 6.07) is 7.52. The van der Waals surface area contributed by atoms with E-state index in [2.05, 4.69) is 0 Å². The van der Waals surface area contributed by atoms with Gasteiger partial charge >= 0.3 is 0 Å². The zero-order valence-corrected chi connectivity index (χ0v) is 10.3. The molecule has 0 aliphatic heterocycles. The number of hydrogen-bond donors (Lipinski definition) is 0. The molecule has 4 nitrogen and oxygen atoms in total. The monoisotopic (exact) mass is 235 g/mol. The van der Waals surface area contributed by atoms with Gasteiger partial charge in [0.2, 0.25) is 6.54 Å². The summed E-state index contributed by atoms with van der Waals surface area (Å²) >= 11 is 0. The molecule has 0 N–H and O–H groups in total. The fraction of sp³-hybridized carbons (Fsp3) is 0.462. The summed E-state index contributed by atoms with van der Waals surface area (Å²) in [7, 11) is 0. The van der Waals surface area contributed by atoms with Crippen LogP contribution < -0.4 is 0 Å². The molecule has 0 spiro atoms. The number of rotatable bonds is 5. The fourth-order valence-corrected chi connectivity index (χ4v) is 1.80. The van der Waals surface area contributed by atoms with Gasteiger partial charge in [0.1, 0.15) is 6.29 Å². The molecule has 0 aliphatic carbocycles. The van der Waals surface area contributed by atoms with Crippen LogP contribution in [-0.2, 0) is 4.79 Å². The standard InChI is InChI=1S/C13H17NO3/c1-10-4-6-11(7-5-10)12(8-14(16)17)13(2,3)9-15/h4-7,9,12H,8H2,1-3H3. The summed E-state index contributed by atoms with van der Waals surface area (Å²) < 4.78 is 0. The number of nitro groups is 1. The van der Waals surface area contributed by atoms with E-state index in [1.807, 2.05) is 31.2 Å². The van der Waals surface area contributed by atoms with E-state index in [9.17, 15) is 14.9 Å². The van der Waals surface area contributed by atoms with Crippen LogP contribution in [0.4, 0.5) is 0 Å². The highest BCUT2D eigenvalue weighted by Gasteiger charge is 2.34. The van der Waals surface area contributed by atoms with Crippen molar-refractivity contribution >= 4 is 6.29 Å². The van der Waals surface area contributed by atoms with E-state index >= 15 is 0 Å². The lowest BCUT2D eigenvalue weighted by molar-refractivity contribution is -0.485. The first kappa shape index (κ1) is 13.4. The number of carbonyl (C=O) groups is 1. The van der Waals surface area contributed by atoms with Crippen molar-refractivity contribution in [3.63, 3.8) is 0 Å². The van der Waals surface area contributed by atoms with Gasteiger partial charge in [-0.1, -0.05) is 43.7 Å². The number of aldehydes is 1. The highest BCUT2D eigenvalue weighted by molar-refractivity contribution is 5.60.